The van der Waals surface area contributed by atoms with E-state index in [1.165, 1.54) is 43.1 Å². The number of hydrogen-bond donors (Lipinski definition) is 0. The fourth-order valence-corrected chi connectivity index (χ4v) is 14.3. The van der Waals surface area contributed by atoms with E-state index in [-0.39, 0.29) is 0 Å². The van der Waals surface area contributed by atoms with Gasteiger partial charge >= 0.3 is 0 Å². The number of rotatable bonds is 18. The van der Waals surface area contributed by atoms with Crippen LogP contribution >= 0.6 is 0 Å². The molecule has 0 atom stereocenters. The average molecular weight is 1280 g/mol. The van der Waals surface area contributed by atoms with Gasteiger partial charge in [0.1, 0.15) is 0 Å². The monoisotopic (exact) mass is 1280 g/mol. The predicted octanol–water partition coefficient (Wildman–Crippen LogP) is 27.1. The van der Waals surface area contributed by atoms with E-state index in [0.717, 1.165) is 102 Å². The van der Waals surface area contributed by atoms with Gasteiger partial charge in [-0.3, -0.25) is 0 Å². The molecule has 0 bridgehead atoms. The van der Waals surface area contributed by atoms with Crippen molar-refractivity contribution < 1.29 is 0 Å². The van der Waals surface area contributed by atoms with Gasteiger partial charge < -0.3 is 29.4 Å². The molecule has 6 heteroatoms. The summed E-state index contributed by atoms with van der Waals surface area (Å²) in [5.74, 6) is 0. The number of anilines is 18. The van der Waals surface area contributed by atoms with Crippen molar-refractivity contribution >= 4 is 145 Å². The third-order valence-corrected chi connectivity index (χ3v) is 18.9. The quantitative estimate of drug-likeness (QED) is 0.0792. The molecule has 17 aromatic carbocycles. The van der Waals surface area contributed by atoms with Gasteiger partial charge in [-0.2, -0.15) is 0 Å². The van der Waals surface area contributed by atoms with Crippen LogP contribution in [-0.2, 0) is 0 Å². The van der Waals surface area contributed by atoms with Crippen LogP contribution < -0.4 is 29.4 Å². The van der Waals surface area contributed by atoms with E-state index in [1.54, 1.807) is 0 Å². The lowest BCUT2D eigenvalue weighted by Gasteiger charge is -2.30. The second kappa shape index (κ2) is 27.0. The van der Waals surface area contributed by atoms with Crippen molar-refractivity contribution in [1.82, 2.24) is 0 Å². The number of hydrogen-bond acceptors (Lipinski definition) is 6. The maximum absolute atomic E-state index is 2.39. The summed E-state index contributed by atoms with van der Waals surface area (Å²) in [5.41, 5.74) is 19.1. The molecule has 0 spiro atoms. The Hall–Kier alpha value is -13.4. The molecule has 0 heterocycles. The minimum Gasteiger partial charge on any atom is -0.311 e. The normalized spacial score (nSPS) is 11.2. The topological polar surface area (TPSA) is 19.4 Å². The molecule has 0 aliphatic carbocycles. The summed E-state index contributed by atoms with van der Waals surface area (Å²) in [7, 11) is 0. The largest absolute Gasteiger partial charge is 0.311 e. The summed E-state index contributed by atoms with van der Waals surface area (Å²) in [4.78, 5) is 14.1. The zero-order chi connectivity index (χ0) is 66.6. The molecule has 0 radical (unpaired) electrons. The summed E-state index contributed by atoms with van der Waals surface area (Å²) < 4.78 is 0. The van der Waals surface area contributed by atoms with E-state index in [0.29, 0.717) is 0 Å². The maximum Gasteiger partial charge on any atom is 0.0546 e. The molecule has 0 saturated carbocycles. The van der Waals surface area contributed by atoms with Gasteiger partial charge in [-0.05, 0) is 239 Å². The first kappa shape index (κ1) is 60.3. The Kier molecular flexibility index (Phi) is 16.3. The number of benzene rings is 17. The van der Waals surface area contributed by atoms with Gasteiger partial charge in [0.05, 0.1) is 11.4 Å². The van der Waals surface area contributed by atoms with Crippen molar-refractivity contribution in [2.24, 2.45) is 0 Å². The zero-order valence-electron chi connectivity index (χ0n) is 54.9. The summed E-state index contributed by atoms with van der Waals surface area (Å²) in [6.07, 6.45) is 0. The molecule has 474 valence electrons. The van der Waals surface area contributed by atoms with Crippen LogP contribution in [0.4, 0.5) is 102 Å². The Labute approximate surface area is 583 Å². The lowest BCUT2D eigenvalue weighted by Crippen LogP contribution is -2.14. The first-order valence-corrected chi connectivity index (χ1v) is 34.1. The van der Waals surface area contributed by atoms with E-state index in [1.807, 2.05) is 0 Å². The third-order valence-electron chi connectivity index (χ3n) is 18.9. The lowest BCUT2D eigenvalue weighted by atomic mass is 9.99. The molecule has 0 amide bonds. The Bertz CT molecular complexity index is 5280. The Morgan fingerprint density at radius 3 is 0.480 bits per heavy atom. The van der Waals surface area contributed by atoms with Gasteiger partial charge in [0, 0.05) is 102 Å². The molecule has 17 aromatic rings. The van der Waals surface area contributed by atoms with Crippen molar-refractivity contribution in [2.75, 3.05) is 29.4 Å². The first-order chi connectivity index (χ1) is 49.6. The van der Waals surface area contributed by atoms with Crippen LogP contribution in [0.5, 0.6) is 0 Å². The van der Waals surface area contributed by atoms with Crippen LogP contribution in [0.2, 0.25) is 0 Å². The van der Waals surface area contributed by atoms with Crippen molar-refractivity contribution in [2.45, 2.75) is 0 Å². The van der Waals surface area contributed by atoms with E-state index in [2.05, 4.69) is 442 Å². The highest BCUT2D eigenvalue weighted by molar-refractivity contribution is 6.16. The van der Waals surface area contributed by atoms with Crippen LogP contribution in [-0.4, -0.2) is 0 Å². The van der Waals surface area contributed by atoms with Gasteiger partial charge in [0.25, 0.3) is 0 Å². The van der Waals surface area contributed by atoms with E-state index < -0.39 is 0 Å². The highest BCUT2D eigenvalue weighted by Crippen LogP contribution is 2.48. The number of fused-ring (bicyclic) bond motifs is 6. The van der Waals surface area contributed by atoms with Crippen LogP contribution in [0.3, 0.4) is 0 Å². The Balaban J connectivity index is 0.682. The molecule has 0 saturated heterocycles. The van der Waals surface area contributed by atoms with E-state index in [9.17, 15) is 0 Å². The summed E-state index contributed by atoms with van der Waals surface area (Å²) in [5, 5.41) is 9.74. The molecule has 100 heavy (non-hydrogen) atoms. The standard InChI is InChI=1S/C94H68N6/c1-7-29-71(30-8-1)95(79-51-55-81(56-52-79)97(73-33-11-3-12-34-73)83-59-63-85(64-60-83)99(75-37-15-5-16-38-75)93-67-69-27-19-21-41-87(69)89-43-23-25-45-91(89)93)77-47-49-78(50-48-77)96(72-31-9-2-10-32-72)80-53-57-82(58-54-80)98(74-35-13-4-14-36-74)84-61-65-86(66-62-84)100(76-39-17-6-18-40-76)94-68-70-28-20-22-42-88(70)90-44-24-26-46-92(90)94/h1-68H. The van der Waals surface area contributed by atoms with Crippen LogP contribution in [0.1, 0.15) is 0 Å². The van der Waals surface area contributed by atoms with E-state index in [4.69, 9.17) is 0 Å². The highest BCUT2D eigenvalue weighted by atomic mass is 15.2. The first-order valence-electron chi connectivity index (χ1n) is 34.1. The fourth-order valence-electron chi connectivity index (χ4n) is 14.3. The van der Waals surface area contributed by atoms with Crippen molar-refractivity contribution in [1.29, 1.82) is 0 Å². The highest BCUT2D eigenvalue weighted by Gasteiger charge is 2.24. The van der Waals surface area contributed by atoms with Gasteiger partial charge in [-0.1, -0.05) is 206 Å². The van der Waals surface area contributed by atoms with Gasteiger partial charge in [0.2, 0.25) is 0 Å². The Morgan fingerprint density at radius 1 is 0.110 bits per heavy atom. The molecule has 17 rings (SSSR count). The van der Waals surface area contributed by atoms with Crippen molar-refractivity contribution in [3.63, 3.8) is 0 Å². The lowest BCUT2D eigenvalue weighted by molar-refractivity contribution is 1.24. The molecule has 0 aliphatic heterocycles. The molecule has 0 N–H and O–H groups in total. The van der Waals surface area contributed by atoms with Crippen molar-refractivity contribution in [3.8, 4) is 0 Å². The fraction of sp³-hybridized carbons (Fsp3) is 0. The average Bonchev–Trinajstić information content (AvgIpc) is 0.763. The SMILES string of the molecule is c1ccc(N(c2ccc(N(c3ccccc3)c3ccc(N(c4ccccc4)c4ccc(N(c5ccccc5)c5cc6ccccc6c6ccccc56)cc4)cc3)cc2)c2ccc(N(c3ccccc3)c3ccc(N(c4ccccc4)c4cc5ccccc5c5ccccc45)cc3)cc2)cc1. The summed E-state index contributed by atoms with van der Waals surface area (Å²) in [6.45, 7) is 0. The maximum atomic E-state index is 2.39. The van der Waals surface area contributed by atoms with Gasteiger partial charge in [0.15, 0.2) is 0 Å². The molecule has 0 aliphatic rings. The molecular formula is C94H68N6. The number of para-hydroxylation sites is 6. The third kappa shape index (κ3) is 11.7. The molecular weight excluding hydrogens is 1210 g/mol. The van der Waals surface area contributed by atoms with E-state index >= 15 is 0 Å². The van der Waals surface area contributed by atoms with Crippen LogP contribution in [0.15, 0.2) is 413 Å². The second-order valence-electron chi connectivity index (χ2n) is 24.9. The summed E-state index contributed by atoms with van der Waals surface area (Å²) in [6, 6.07) is 148. The van der Waals surface area contributed by atoms with Crippen LogP contribution in [0.25, 0.3) is 43.1 Å². The molecule has 6 nitrogen and oxygen atoms in total. The van der Waals surface area contributed by atoms with Gasteiger partial charge in [-0.15, -0.1) is 0 Å². The minimum atomic E-state index is 1.03. The summed E-state index contributed by atoms with van der Waals surface area (Å²) >= 11 is 0. The Morgan fingerprint density at radius 2 is 0.260 bits per heavy atom. The van der Waals surface area contributed by atoms with Crippen molar-refractivity contribution in [3.05, 3.63) is 413 Å². The molecule has 0 fully saturated rings. The molecule has 0 aromatic heterocycles. The minimum absolute atomic E-state index is 1.03. The predicted molar refractivity (Wildman–Crippen MR) is 425 cm³/mol. The molecule has 0 unspecified atom stereocenters. The zero-order valence-corrected chi connectivity index (χ0v) is 54.9. The van der Waals surface area contributed by atoms with Crippen LogP contribution in [0, 0.1) is 0 Å². The smallest absolute Gasteiger partial charge is 0.0546 e. The second-order valence-corrected chi connectivity index (χ2v) is 24.9. The van der Waals surface area contributed by atoms with Gasteiger partial charge in [-0.25, -0.2) is 0 Å². The number of nitrogens with zero attached hydrogens (tertiary/aromatic N) is 6.